The van der Waals surface area contributed by atoms with Crippen LogP contribution in [-0.4, -0.2) is 25.7 Å². The van der Waals surface area contributed by atoms with E-state index in [0.29, 0.717) is 11.4 Å². The van der Waals surface area contributed by atoms with E-state index in [0.717, 1.165) is 20.8 Å². The molecular weight excluding hydrogens is 463 g/mol. The lowest BCUT2D eigenvalue weighted by atomic mass is 10.0. The standard InChI is InChI=1S/C21H18BrFN2O3.ClH/c1-27-19-8-5-12-9-13(22)6-7-14(12)15(19)10-25-18-4-2-3-16(23)20(18)28-11-17(24)21(25)26;/h2-9,17H,10-11,24H2,1H3;1H/t17-;/m0./s1. The predicted molar refractivity (Wildman–Crippen MR) is 117 cm³/mol. The third kappa shape index (κ3) is 3.90. The van der Waals surface area contributed by atoms with Gasteiger partial charge in [0.15, 0.2) is 11.6 Å². The van der Waals surface area contributed by atoms with Crippen LogP contribution in [0, 0.1) is 5.82 Å². The number of methoxy groups -OCH3 is 1. The van der Waals surface area contributed by atoms with Crippen molar-refractivity contribution < 1.29 is 18.7 Å². The maximum atomic E-state index is 14.3. The van der Waals surface area contributed by atoms with Crippen LogP contribution in [0.1, 0.15) is 5.56 Å². The second-order valence-corrected chi connectivity index (χ2v) is 7.46. The summed E-state index contributed by atoms with van der Waals surface area (Å²) in [5.41, 5.74) is 7.14. The number of ether oxygens (including phenoxy) is 2. The fraction of sp³-hybridized carbons (Fsp3) is 0.190. The molecular formula is C21H19BrClFN2O3. The molecule has 0 saturated heterocycles. The number of rotatable bonds is 3. The largest absolute Gasteiger partial charge is 0.496 e. The monoisotopic (exact) mass is 480 g/mol. The van der Waals surface area contributed by atoms with Gasteiger partial charge in [0.1, 0.15) is 18.4 Å². The fourth-order valence-electron chi connectivity index (χ4n) is 3.44. The molecule has 0 radical (unpaired) electrons. The van der Waals surface area contributed by atoms with Crippen LogP contribution in [0.3, 0.4) is 0 Å². The summed E-state index contributed by atoms with van der Waals surface area (Å²) in [5.74, 6) is -0.191. The number of carbonyl (C=O) groups excluding carboxylic acids is 1. The van der Waals surface area contributed by atoms with Gasteiger partial charge in [-0.15, -0.1) is 12.4 Å². The number of hydrogen-bond acceptors (Lipinski definition) is 4. The summed E-state index contributed by atoms with van der Waals surface area (Å²) in [4.78, 5) is 14.4. The van der Waals surface area contributed by atoms with E-state index >= 15 is 0 Å². The highest BCUT2D eigenvalue weighted by atomic mass is 79.9. The number of anilines is 1. The van der Waals surface area contributed by atoms with Gasteiger partial charge in [-0.2, -0.15) is 0 Å². The average molecular weight is 482 g/mol. The predicted octanol–water partition coefficient (Wildman–Crippen LogP) is 4.42. The molecule has 4 rings (SSSR count). The van der Waals surface area contributed by atoms with Crippen molar-refractivity contribution in [2.45, 2.75) is 12.6 Å². The molecule has 29 heavy (non-hydrogen) atoms. The summed E-state index contributed by atoms with van der Waals surface area (Å²) >= 11 is 3.48. The molecule has 0 aliphatic carbocycles. The zero-order chi connectivity index (χ0) is 19.8. The van der Waals surface area contributed by atoms with Crippen LogP contribution in [0.5, 0.6) is 11.5 Å². The molecule has 1 heterocycles. The molecule has 3 aromatic rings. The van der Waals surface area contributed by atoms with E-state index in [1.54, 1.807) is 19.2 Å². The second kappa shape index (κ2) is 8.57. The van der Waals surface area contributed by atoms with Crippen molar-refractivity contribution >= 4 is 50.7 Å². The molecule has 1 aliphatic rings. The molecule has 0 spiro atoms. The normalized spacial score (nSPS) is 15.9. The summed E-state index contributed by atoms with van der Waals surface area (Å²) in [7, 11) is 1.58. The zero-order valence-electron chi connectivity index (χ0n) is 15.5. The summed E-state index contributed by atoms with van der Waals surface area (Å²) in [6, 6.07) is 13.3. The first-order valence-corrected chi connectivity index (χ1v) is 9.52. The maximum absolute atomic E-state index is 14.3. The van der Waals surface area contributed by atoms with Crippen molar-refractivity contribution in [3.05, 3.63) is 64.4 Å². The molecule has 2 N–H and O–H groups in total. The number of hydrogen-bond donors (Lipinski definition) is 1. The van der Waals surface area contributed by atoms with Crippen molar-refractivity contribution in [3.63, 3.8) is 0 Å². The van der Waals surface area contributed by atoms with Crippen molar-refractivity contribution in [1.29, 1.82) is 0 Å². The quantitative estimate of drug-likeness (QED) is 0.601. The van der Waals surface area contributed by atoms with Crippen molar-refractivity contribution in [3.8, 4) is 11.5 Å². The molecule has 0 unspecified atom stereocenters. The Labute approximate surface area is 182 Å². The Bertz CT molecular complexity index is 1080. The Morgan fingerprint density at radius 3 is 2.83 bits per heavy atom. The highest BCUT2D eigenvalue weighted by Gasteiger charge is 2.31. The second-order valence-electron chi connectivity index (χ2n) is 6.54. The first-order chi connectivity index (χ1) is 13.5. The molecule has 5 nitrogen and oxygen atoms in total. The third-order valence-electron chi connectivity index (χ3n) is 4.81. The van der Waals surface area contributed by atoms with Gasteiger partial charge in [0.25, 0.3) is 0 Å². The summed E-state index contributed by atoms with van der Waals surface area (Å²) in [5, 5.41) is 1.93. The lowest BCUT2D eigenvalue weighted by molar-refractivity contribution is -0.120. The average Bonchev–Trinajstić information content (AvgIpc) is 2.80. The van der Waals surface area contributed by atoms with E-state index in [1.165, 1.54) is 11.0 Å². The van der Waals surface area contributed by atoms with Crippen LogP contribution in [0.15, 0.2) is 53.0 Å². The van der Waals surface area contributed by atoms with Crippen molar-refractivity contribution in [1.82, 2.24) is 0 Å². The van der Waals surface area contributed by atoms with Gasteiger partial charge >= 0.3 is 0 Å². The van der Waals surface area contributed by atoms with E-state index in [9.17, 15) is 9.18 Å². The third-order valence-corrected chi connectivity index (χ3v) is 5.31. The molecule has 1 aliphatic heterocycles. The van der Waals surface area contributed by atoms with Gasteiger partial charge in [-0.1, -0.05) is 34.1 Å². The van der Waals surface area contributed by atoms with Crippen LogP contribution < -0.4 is 20.1 Å². The van der Waals surface area contributed by atoms with Gasteiger partial charge in [-0.3, -0.25) is 4.79 Å². The Hall–Kier alpha value is -2.35. The van der Waals surface area contributed by atoms with Gasteiger partial charge < -0.3 is 20.1 Å². The van der Waals surface area contributed by atoms with Crippen molar-refractivity contribution in [2.75, 3.05) is 18.6 Å². The van der Waals surface area contributed by atoms with E-state index in [4.69, 9.17) is 15.2 Å². The van der Waals surface area contributed by atoms with E-state index in [2.05, 4.69) is 15.9 Å². The number of benzene rings is 3. The number of halogens is 3. The molecule has 0 fully saturated rings. The fourth-order valence-corrected chi connectivity index (χ4v) is 3.82. The van der Waals surface area contributed by atoms with Gasteiger partial charge in [-0.05, 0) is 41.1 Å². The molecule has 8 heteroatoms. The highest BCUT2D eigenvalue weighted by Crippen LogP contribution is 2.37. The first-order valence-electron chi connectivity index (χ1n) is 8.73. The number of nitrogens with zero attached hydrogens (tertiary/aromatic N) is 1. The molecule has 1 amide bonds. The Kier molecular flexibility index (Phi) is 6.31. The van der Waals surface area contributed by atoms with Gasteiger partial charge in [-0.25, -0.2) is 4.39 Å². The number of nitrogens with two attached hydrogens (primary N) is 1. The van der Waals surface area contributed by atoms with Crippen LogP contribution in [0.4, 0.5) is 10.1 Å². The molecule has 0 saturated carbocycles. The van der Waals surface area contributed by atoms with Gasteiger partial charge in [0.05, 0.1) is 19.3 Å². The molecule has 1 atom stereocenters. The number of fused-ring (bicyclic) bond motifs is 2. The van der Waals surface area contributed by atoms with E-state index in [-0.39, 0.29) is 37.2 Å². The number of amides is 1. The van der Waals surface area contributed by atoms with Crippen LogP contribution in [0.25, 0.3) is 10.8 Å². The summed E-state index contributed by atoms with van der Waals surface area (Å²) in [6.07, 6.45) is 0. The minimum absolute atomic E-state index is 0. The zero-order valence-corrected chi connectivity index (χ0v) is 17.9. The molecule has 0 aromatic heterocycles. The lowest BCUT2D eigenvalue weighted by Gasteiger charge is -2.25. The number of carbonyl (C=O) groups is 1. The SMILES string of the molecule is COc1ccc2cc(Br)ccc2c1CN1C(=O)[C@@H](N)COc2c(F)cccc21.Cl. The van der Waals surface area contributed by atoms with Crippen LogP contribution in [0.2, 0.25) is 0 Å². The Morgan fingerprint density at radius 2 is 2.07 bits per heavy atom. The van der Waals surface area contributed by atoms with Gasteiger partial charge in [0.2, 0.25) is 5.91 Å². The van der Waals surface area contributed by atoms with Gasteiger partial charge in [0, 0.05) is 10.0 Å². The van der Waals surface area contributed by atoms with Crippen molar-refractivity contribution in [2.24, 2.45) is 5.73 Å². The lowest BCUT2D eigenvalue weighted by Crippen LogP contribution is -2.45. The Balaban J connectivity index is 0.00000240. The van der Waals surface area contributed by atoms with E-state index in [1.807, 2.05) is 30.3 Å². The van der Waals surface area contributed by atoms with Crippen LogP contribution >= 0.6 is 28.3 Å². The molecule has 0 bridgehead atoms. The molecule has 3 aromatic carbocycles. The topological polar surface area (TPSA) is 64.8 Å². The smallest absolute Gasteiger partial charge is 0.247 e. The minimum Gasteiger partial charge on any atom is -0.496 e. The Morgan fingerprint density at radius 1 is 1.28 bits per heavy atom. The molecule has 152 valence electrons. The first kappa shape index (κ1) is 21.4. The van der Waals surface area contributed by atoms with Crippen LogP contribution in [-0.2, 0) is 11.3 Å². The number of para-hydroxylation sites is 1. The summed E-state index contributed by atoms with van der Waals surface area (Å²) < 4.78 is 26.3. The highest BCUT2D eigenvalue weighted by molar-refractivity contribution is 9.10. The van der Waals surface area contributed by atoms with E-state index < -0.39 is 11.9 Å². The maximum Gasteiger partial charge on any atom is 0.247 e. The minimum atomic E-state index is -0.887. The summed E-state index contributed by atoms with van der Waals surface area (Å²) in [6.45, 7) is 0.0946.